The third-order valence-electron chi connectivity index (χ3n) is 2.70. The summed E-state index contributed by atoms with van der Waals surface area (Å²) in [6.45, 7) is 2.73. The fraction of sp³-hybridized carbons (Fsp3) is 0.231. The maximum Gasteiger partial charge on any atom is 0.248 e. The third-order valence-corrected chi connectivity index (χ3v) is 3.52. The summed E-state index contributed by atoms with van der Waals surface area (Å²) in [7, 11) is 0. The second-order valence-electron chi connectivity index (χ2n) is 4.20. The first kappa shape index (κ1) is 13.4. The lowest BCUT2D eigenvalue weighted by Crippen LogP contribution is -2.12. The quantitative estimate of drug-likeness (QED) is 0.726. The molecule has 0 atom stereocenters. The first-order valence-corrected chi connectivity index (χ1v) is 6.78. The van der Waals surface area contributed by atoms with Crippen LogP contribution in [0.2, 0.25) is 0 Å². The Kier molecular flexibility index (Phi) is 4.01. The normalized spacial score (nSPS) is 10.4. The Morgan fingerprint density at radius 1 is 1.47 bits per heavy atom. The van der Waals surface area contributed by atoms with Gasteiger partial charge in [-0.05, 0) is 25.1 Å². The average Bonchev–Trinajstić information content (AvgIpc) is 2.77. The number of aryl methyl sites for hydroxylation is 1. The van der Waals surface area contributed by atoms with Crippen LogP contribution < -0.4 is 16.8 Å². The molecule has 1 aromatic carbocycles. The second kappa shape index (κ2) is 5.71. The molecule has 0 fully saturated rings. The predicted molar refractivity (Wildman–Crippen MR) is 78.4 cm³/mol. The van der Waals surface area contributed by atoms with Gasteiger partial charge in [0.2, 0.25) is 5.91 Å². The van der Waals surface area contributed by atoms with Gasteiger partial charge in [-0.25, -0.2) is 4.98 Å². The molecule has 0 aliphatic heterocycles. The molecule has 2 aromatic rings. The highest BCUT2D eigenvalue weighted by Crippen LogP contribution is 2.19. The predicted octanol–water partition coefficient (Wildman–Crippen LogP) is 1.79. The minimum absolute atomic E-state index is 0.415. The molecule has 0 spiro atoms. The molecule has 1 amide bonds. The van der Waals surface area contributed by atoms with Crippen molar-refractivity contribution >= 4 is 28.6 Å². The Morgan fingerprint density at radius 2 is 2.26 bits per heavy atom. The van der Waals surface area contributed by atoms with Gasteiger partial charge in [0.25, 0.3) is 0 Å². The number of carbonyl (C=O) groups is 1. The molecule has 2 rings (SSSR count). The van der Waals surface area contributed by atoms with Gasteiger partial charge in [0, 0.05) is 23.9 Å². The molecule has 0 bridgehead atoms. The lowest BCUT2D eigenvalue weighted by Gasteiger charge is -2.09. The van der Waals surface area contributed by atoms with Crippen LogP contribution in [0.25, 0.3) is 0 Å². The standard InChI is InChI=1S/C13H16N4OS/c1-8-17-10(7-19-8)4-5-16-12-3-2-9(13(15)18)6-11(12)14/h2-3,6-7,16H,4-5,14H2,1H3,(H2,15,18). The number of anilines is 2. The number of aromatic nitrogens is 1. The SMILES string of the molecule is Cc1nc(CCNc2ccc(C(N)=O)cc2N)cs1. The van der Waals surface area contributed by atoms with Gasteiger partial charge >= 0.3 is 0 Å². The summed E-state index contributed by atoms with van der Waals surface area (Å²) in [5.41, 5.74) is 13.9. The summed E-state index contributed by atoms with van der Waals surface area (Å²) in [6, 6.07) is 5.01. The van der Waals surface area contributed by atoms with Crippen molar-refractivity contribution in [1.29, 1.82) is 0 Å². The Labute approximate surface area is 115 Å². The van der Waals surface area contributed by atoms with Crippen LogP contribution in [0.15, 0.2) is 23.6 Å². The number of amides is 1. The molecule has 0 unspecified atom stereocenters. The smallest absolute Gasteiger partial charge is 0.248 e. The van der Waals surface area contributed by atoms with Gasteiger partial charge in [0.05, 0.1) is 22.1 Å². The van der Waals surface area contributed by atoms with E-state index in [0.717, 1.165) is 29.4 Å². The molecule has 1 heterocycles. The fourth-order valence-corrected chi connectivity index (χ4v) is 2.37. The largest absolute Gasteiger partial charge is 0.397 e. The highest BCUT2D eigenvalue weighted by atomic mass is 32.1. The van der Waals surface area contributed by atoms with Crippen LogP contribution >= 0.6 is 11.3 Å². The molecule has 0 saturated heterocycles. The maximum absolute atomic E-state index is 11.0. The van der Waals surface area contributed by atoms with E-state index in [2.05, 4.69) is 15.7 Å². The van der Waals surface area contributed by atoms with Gasteiger partial charge in [-0.2, -0.15) is 0 Å². The lowest BCUT2D eigenvalue weighted by molar-refractivity contribution is 0.100. The van der Waals surface area contributed by atoms with Crippen molar-refractivity contribution < 1.29 is 4.79 Å². The number of nitrogens with zero attached hydrogens (tertiary/aromatic N) is 1. The van der Waals surface area contributed by atoms with E-state index in [1.807, 2.05) is 6.92 Å². The zero-order valence-electron chi connectivity index (χ0n) is 10.6. The van der Waals surface area contributed by atoms with Crippen LogP contribution in [0.1, 0.15) is 21.1 Å². The molecule has 100 valence electrons. The molecule has 0 radical (unpaired) electrons. The number of primary amides is 1. The Bertz CT molecular complexity index is 594. The molecule has 0 saturated carbocycles. The third kappa shape index (κ3) is 3.45. The van der Waals surface area contributed by atoms with Crippen molar-refractivity contribution in [3.63, 3.8) is 0 Å². The van der Waals surface area contributed by atoms with E-state index in [4.69, 9.17) is 11.5 Å². The van der Waals surface area contributed by atoms with Crippen molar-refractivity contribution in [2.75, 3.05) is 17.6 Å². The molecule has 6 heteroatoms. The van der Waals surface area contributed by atoms with E-state index < -0.39 is 5.91 Å². The number of thiazole rings is 1. The Morgan fingerprint density at radius 3 is 2.84 bits per heavy atom. The molecule has 19 heavy (non-hydrogen) atoms. The van der Waals surface area contributed by atoms with Gasteiger partial charge in [0.1, 0.15) is 0 Å². The van der Waals surface area contributed by atoms with E-state index in [0.29, 0.717) is 11.3 Å². The minimum atomic E-state index is -0.476. The van der Waals surface area contributed by atoms with E-state index >= 15 is 0 Å². The number of hydrogen-bond donors (Lipinski definition) is 3. The minimum Gasteiger partial charge on any atom is -0.397 e. The first-order valence-electron chi connectivity index (χ1n) is 5.90. The second-order valence-corrected chi connectivity index (χ2v) is 5.26. The van der Waals surface area contributed by atoms with Gasteiger partial charge in [-0.15, -0.1) is 11.3 Å². The molecule has 5 nitrogen and oxygen atoms in total. The van der Waals surface area contributed by atoms with Crippen LogP contribution in [-0.2, 0) is 6.42 Å². The van der Waals surface area contributed by atoms with Crippen molar-refractivity contribution in [3.05, 3.63) is 39.8 Å². The number of carbonyl (C=O) groups excluding carboxylic acids is 1. The van der Waals surface area contributed by atoms with E-state index in [1.165, 1.54) is 0 Å². The molecule has 0 aliphatic carbocycles. The van der Waals surface area contributed by atoms with Crippen molar-refractivity contribution in [3.8, 4) is 0 Å². The summed E-state index contributed by atoms with van der Waals surface area (Å²) >= 11 is 1.64. The molecular formula is C13H16N4OS. The number of nitrogens with one attached hydrogen (secondary N) is 1. The van der Waals surface area contributed by atoms with Crippen LogP contribution in [0.4, 0.5) is 11.4 Å². The Balaban J connectivity index is 1.94. The zero-order chi connectivity index (χ0) is 13.8. The van der Waals surface area contributed by atoms with Crippen LogP contribution in [0.5, 0.6) is 0 Å². The van der Waals surface area contributed by atoms with Gasteiger partial charge < -0.3 is 16.8 Å². The molecule has 5 N–H and O–H groups in total. The summed E-state index contributed by atoms with van der Waals surface area (Å²) in [4.78, 5) is 15.4. The Hall–Kier alpha value is -2.08. The van der Waals surface area contributed by atoms with Crippen molar-refractivity contribution in [2.45, 2.75) is 13.3 Å². The topological polar surface area (TPSA) is 94.0 Å². The average molecular weight is 276 g/mol. The highest BCUT2D eigenvalue weighted by Gasteiger charge is 2.05. The van der Waals surface area contributed by atoms with Crippen LogP contribution in [0.3, 0.4) is 0 Å². The van der Waals surface area contributed by atoms with Crippen molar-refractivity contribution in [1.82, 2.24) is 4.98 Å². The fourth-order valence-electron chi connectivity index (χ4n) is 1.73. The number of nitrogens with two attached hydrogens (primary N) is 2. The van der Waals surface area contributed by atoms with Crippen LogP contribution in [0, 0.1) is 6.92 Å². The zero-order valence-corrected chi connectivity index (χ0v) is 11.5. The van der Waals surface area contributed by atoms with Crippen LogP contribution in [-0.4, -0.2) is 17.4 Å². The summed E-state index contributed by atoms with van der Waals surface area (Å²) in [6.07, 6.45) is 0.835. The van der Waals surface area contributed by atoms with E-state index in [9.17, 15) is 4.79 Å². The lowest BCUT2D eigenvalue weighted by atomic mass is 10.1. The number of nitrogen functional groups attached to an aromatic ring is 1. The molecule has 1 aromatic heterocycles. The molecule has 0 aliphatic rings. The summed E-state index contributed by atoms with van der Waals surface area (Å²) < 4.78 is 0. The summed E-state index contributed by atoms with van der Waals surface area (Å²) in [5.74, 6) is -0.476. The molecular weight excluding hydrogens is 260 g/mol. The highest BCUT2D eigenvalue weighted by molar-refractivity contribution is 7.09. The summed E-state index contributed by atoms with van der Waals surface area (Å²) in [5, 5.41) is 6.35. The van der Waals surface area contributed by atoms with Crippen molar-refractivity contribution in [2.24, 2.45) is 5.73 Å². The van der Waals surface area contributed by atoms with Gasteiger partial charge in [-0.1, -0.05) is 0 Å². The maximum atomic E-state index is 11.0. The van der Waals surface area contributed by atoms with E-state index in [-0.39, 0.29) is 0 Å². The first-order chi connectivity index (χ1) is 9.06. The van der Waals surface area contributed by atoms with E-state index in [1.54, 1.807) is 29.5 Å². The number of rotatable bonds is 5. The number of hydrogen-bond acceptors (Lipinski definition) is 5. The van der Waals surface area contributed by atoms with Gasteiger partial charge in [0.15, 0.2) is 0 Å². The monoisotopic (exact) mass is 276 g/mol. The van der Waals surface area contributed by atoms with Gasteiger partial charge in [-0.3, -0.25) is 4.79 Å². The number of benzene rings is 1.